The zero-order chi connectivity index (χ0) is 13.0. The molecule has 0 spiro atoms. The van der Waals surface area contributed by atoms with Gasteiger partial charge in [-0.25, -0.2) is 4.39 Å². The first-order valence-corrected chi connectivity index (χ1v) is 5.36. The van der Waals surface area contributed by atoms with E-state index in [-0.39, 0.29) is 12.2 Å². The largest absolute Gasteiger partial charge is 0.489 e. The van der Waals surface area contributed by atoms with Crippen LogP contribution in [0.5, 0.6) is 5.75 Å². The number of nitriles is 1. The molecule has 2 aromatic carbocycles. The van der Waals surface area contributed by atoms with Crippen molar-refractivity contribution < 1.29 is 9.13 Å². The minimum Gasteiger partial charge on any atom is -0.489 e. The van der Waals surface area contributed by atoms with Crippen LogP contribution in [0, 0.1) is 17.1 Å². The lowest BCUT2D eigenvalue weighted by atomic mass is 10.1. The van der Waals surface area contributed by atoms with Gasteiger partial charge in [-0.2, -0.15) is 5.26 Å². The van der Waals surface area contributed by atoms with Crippen molar-refractivity contribution in [3.05, 3.63) is 59.4 Å². The first-order chi connectivity index (χ1) is 8.69. The van der Waals surface area contributed by atoms with E-state index in [0.29, 0.717) is 11.4 Å². The fourth-order valence-electron chi connectivity index (χ4n) is 1.48. The average Bonchev–Trinajstić information content (AvgIpc) is 2.39. The molecule has 0 aliphatic carbocycles. The van der Waals surface area contributed by atoms with E-state index in [1.54, 1.807) is 36.4 Å². The third-order valence-corrected chi connectivity index (χ3v) is 2.44. The van der Waals surface area contributed by atoms with Crippen LogP contribution in [0.15, 0.2) is 42.5 Å². The molecule has 0 aromatic heterocycles. The molecule has 0 amide bonds. The maximum absolute atomic E-state index is 13.1. The van der Waals surface area contributed by atoms with Gasteiger partial charge in [-0.3, -0.25) is 0 Å². The van der Waals surface area contributed by atoms with Gasteiger partial charge in [0.05, 0.1) is 5.56 Å². The lowest BCUT2D eigenvalue weighted by Crippen LogP contribution is -1.97. The van der Waals surface area contributed by atoms with Crippen LogP contribution in [0.1, 0.15) is 11.1 Å². The van der Waals surface area contributed by atoms with Crippen LogP contribution < -0.4 is 10.5 Å². The normalized spacial score (nSPS) is 9.78. The molecule has 0 saturated carbocycles. The monoisotopic (exact) mass is 242 g/mol. The molecule has 0 fully saturated rings. The number of nitrogens with two attached hydrogens (primary N) is 1. The molecule has 2 aromatic rings. The minimum atomic E-state index is -0.520. The number of halogens is 1. The van der Waals surface area contributed by atoms with Gasteiger partial charge in [-0.1, -0.05) is 6.07 Å². The molecular weight excluding hydrogens is 231 g/mol. The molecule has 0 unspecified atom stereocenters. The predicted molar refractivity (Wildman–Crippen MR) is 66.3 cm³/mol. The molecule has 0 heterocycles. The summed E-state index contributed by atoms with van der Waals surface area (Å²) in [7, 11) is 0. The van der Waals surface area contributed by atoms with E-state index in [1.807, 2.05) is 0 Å². The number of hydrogen-bond acceptors (Lipinski definition) is 3. The van der Waals surface area contributed by atoms with Crippen molar-refractivity contribution in [3.63, 3.8) is 0 Å². The molecule has 0 radical (unpaired) electrons. The number of anilines is 1. The highest BCUT2D eigenvalue weighted by Crippen LogP contribution is 2.16. The van der Waals surface area contributed by atoms with Crippen molar-refractivity contribution in [1.82, 2.24) is 0 Å². The summed E-state index contributed by atoms with van der Waals surface area (Å²) in [6.45, 7) is 0.277. The Kier molecular flexibility index (Phi) is 3.44. The Bertz CT molecular complexity index is 588. The van der Waals surface area contributed by atoms with E-state index < -0.39 is 5.82 Å². The summed E-state index contributed by atoms with van der Waals surface area (Å²) >= 11 is 0. The lowest BCUT2D eigenvalue weighted by Gasteiger charge is -2.07. The first-order valence-electron chi connectivity index (χ1n) is 5.36. The van der Waals surface area contributed by atoms with Crippen LogP contribution in [0.2, 0.25) is 0 Å². The predicted octanol–water partition coefficient (Wildman–Crippen LogP) is 2.86. The summed E-state index contributed by atoms with van der Waals surface area (Å²) in [5.74, 6) is 0.153. The fourth-order valence-corrected chi connectivity index (χ4v) is 1.48. The molecule has 0 atom stereocenters. The van der Waals surface area contributed by atoms with Gasteiger partial charge in [0.25, 0.3) is 0 Å². The minimum absolute atomic E-state index is 0.0217. The Labute approximate surface area is 104 Å². The molecule has 0 aliphatic rings. The van der Waals surface area contributed by atoms with Gasteiger partial charge in [-0.05, 0) is 42.0 Å². The Hall–Kier alpha value is -2.54. The van der Waals surface area contributed by atoms with Crippen LogP contribution in [-0.4, -0.2) is 0 Å². The van der Waals surface area contributed by atoms with Crippen LogP contribution in [0.3, 0.4) is 0 Å². The highest BCUT2D eigenvalue weighted by molar-refractivity contribution is 5.41. The van der Waals surface area contributed by atoms with Gasteiger partial charge in [-0.15, -0.1) is 0 Å². The summed E-state index contributed by atoms with van der Waals surface area (Å²) in [5, 5.41) is 8.71. The summed E-state index contributed by atoms with van der Waals surface area (Å²) in [6.07, 6.45) is 0. The second-order valence-electron chi connectivity index (χ2n) is 3.78. The van der Waals surface area contributed by atoms with Crippen LogP contribution in [0.25, 0.3) is 0 Å². The van der Waals surface area contributed by atoms with E-state index in [2.05, 4.69) is 0 Å². The second kappa shape index (κ2) is 5.19. The number of ether oxygens (including phenoxy) is 1. The third kappa shape index (κ3) is 2.77. The zero-order valence-electron chi connectivity index (χ0n) is 9.56. The molecule has 4 heteroatoms. The Morgan fingerprint density at radius 3 is 2.56 bits per heavy atom. The van der Waals surface area contributed by atoms with Crippen LogP contribution >= 0.6 is 0 Å². The molecule has 2 rings (SSSR count). The van der Waals surface area contributed by atoms with Crippen LogP contribution in [-0.2, 0) is 6.61 Å². The van der Waals surface area contributed by atoms with Gasteiger partial charge in [0, 0.05) is 5.69 Å². The smallest absolute Gasteiger partial charge is 0.140 e. The number of nitrogen functional groups attached to an aromatic ring is 1. The van der Waals surface area contributed by atoms with Crippen LogP contribution in [0.4, 0.5) is 10.1 Å². The van der Waals surface area contributed by atoms with Crippen molar-refractivity contribution >= 4 is 5.69 Å². The van der Waals surface area contributed by atoms with Crippen molar-refractivity contribution in [2.75, 3.05) is 5.73 Å². The topological polar surface area (TPSA) is 59.0 Å². The third-order valence-electron chi connectivity index (χ3n) is 2.44. The Balaban J connectivity index is 2.06. The zero-order valence-corrected chi connectivity index (χ0v) is 9.56. The summed E-state index contributed by atoms with van der Waals surface area (Å²) < 4.78 is 18.6. The Morgan fingerprint density at radius 2 is 1.89 bits per heavy atom. The maximum atomic E-state index is 13.1. The quantitative estimate of drug-likeness (QED) is 0.842. The Morgan fingerprint density at radius 1 is 1.17 bits per heavy atom. The molecular formula is C14H11FN2O. The van der Waals surface area contributed by atoms with E-state index in [4.69, 9.17) is 15.7 Å². The van der Waals surface area contributed by atoms with Crippen molar-refractivity contribution in [2.24, 2.45) is 0 Å². The molecule has 3 nitrogen and oxygen atoms in total. The lowest BCUT2D eigenvalue weighted by molar-refractivity contribution is 0.306. The fraction of sp³-hybridized carbons (Fsp3) is 0.0714. The van der Waals surface area contributed by atoms with Crippen molar-refractivity contribution in [1.29, 1.82) is 5.26 Å². The number of rotatable bonds is 3. The van der Waals surface area contributed by atoms with E-state index in [9.17, 15) is 4.39 Å². The highest BCUT2D eigenvalue weighted by Gasteiger charge is 2.03. The second-order valence-corrected chi connectivity index (χ2v) is 3.78. The number of nitrogens with zero attached hydrogens (tertiary/aromatic N) is 1. The van der Waals surface area contributed by atoms with Gasteiger partial charge >= 0.3 is 0 Å². The first kappa shape index (κ1) is 11.9. The van der Waals surface area contributed by atoms with E-state index in [0.717, 1.165) is 5.56 Å². The van der Waals surface area contributed by atoms with Crippen molar-refractivity contribution in [2.45, 2.75) is 6.61 Å². The maximum Gasteiger partial charge on any atom is 0.140 e. The molecule has 0 bridgehead atoms. The average molecular weight is 242 g/mol. The molecule has 2 N–H and O–H groups in total. The number of benzene rings is 2. The molecule has 90 valence electrons. The SMILES string of the molecule is N#Cc1cc(COc2ccc(N)cc2)ccc1F. The summed E-state index contributed by atoms with van der Waals surface area (Å²) in [6, 6.07) is 13.1. The summed E-state index contributed by atoms with van der Waals surface area (Å²) in [4.78, 5) is 0. The summed E-state index contributed by atoms with van der Waals surface area (Å²) in [5.41, 5.74) is 6.98. The van der Waals surface area contributed by atoms with E-state index in [1.165, 1.54) is 12.1 Å². The van der Waals surface area contributed by atoms with Crippen molar-refractivity contribution in [3.8, 4) is 11.8 Å². The van der Waals surface area contributed by atoms with Gasteiger partial charge < -0.3 is 10.5 Å². The van der Waals surface area contributed by atoms with Gasteiger partial charge in [0.2, 0.25) is 0 Å². The molecule has 18 heavy (non-hydrogen) atoms. The van der Waals surface area contributed by atoms with Gasteiger partial charge in [0.1, 0.15) is 24.2 Å². The van der Waals surface area contributed by atoms with E-state index >= 15 is 0 Å². The number of hydrogen-bond donors (Lipinski definition) is 1. The highest BCUT2D eigenvalue weighted by atomic mass is 19.1. The van der Waals surface area contributed by atoms with Gasteiger partial charge in [0.15, 0.2) is 0 Å². The standard InChI is InChI=1S/C14H11FN2O/c15-14-6-1-10(7-11(14)8-16)9-18-13-4-2-12(17)3-5-13/h1-7H,9,17H2. The molecule has 0 aliphatic heterocycles. The molecule has 0 saturated heterocycles.